The highest BCUT2D eigenvalue weighted by molar-refractivity contribution is 6.31. The average molecular weight is 483 g/mol. The number of anilines is 1. The fourth-order valence-electron chi connectivity index (χ4n) is 5.07. The molecule has 0 aromatic heterocycles. The van der Waals surface area contributed by atoms with Crippen molar-refractivity contribution < 1.29 is 19.1 Å². The molecule has 0 saturated carbocycles. The number of halogens is 1. The van der Waals surface area contributed by atoms with Crippen LogP contribution in [0.1, 0.15) is 36.0 Å². The predicted octanol–water partition coefficient (Wildman–Crippen LogP) is 2.81. The zero-order chi connectivity index (χ0) is 23.8. The molecule has 3 heterocycles. The highest BCUT2D eigenvalue weighted by Crippen LogP contribution is 2.36. The number of ether oxygens (including phenoxy) is 1. The SMILES string of the molecule is COc1ccc(Cl)cc1-c1ccc2c(c1)C(=O)N1CC[C@H](NC(=O)[C@H]3CCCN3)C[C@H]1C(=O)N2. The quantitative estimate of drug-likeness (QED) is 0.622. The second kappa shape index (κ2) is 9.27. The molecule has 178 valence electrons. The summed E-state index contributed by atoms with van der Waals surface area (Å²) >= 11 is 6.20. The summed E-state index contributed by atoms with van der Waals surface area (Å²) in [5.74, 6) is 0.168. The van der Waals surface area contributed by atoms with Crippen LogP contribution in [-0.4, -0.2) is 60.9 Å². The molecule has 2 saturated heterocycles. The Morgan fingerprint density at radius 3 is 2.76 bits per heavy atom. The van der Waals surface area contributed by atoms with E-state index in [1.54, 1.807) is 42.3 Å². The normalized spacial score (nSPS) is 24.1. The minimum atomic E-state index is -0.639. The number of fused-ring (bicyclic) bond motifs is 2. The van der Waals surface area contributed by atoms with E-state index in [9.17, 15) is 14.4 Å². The van der Waals surface area contributed by atoms with E-state index in [0.29, 0.717) is 41.4 Å². The second-order valence-corrected chi connectivity index (χ2v) is 9.42. The van der Waals surface area contributed by atoms with Gasteiger partial charge in [-0.1, -0.05) is 17.7 Å². The zero-order valence-corrected chi connectivity index (χ0v) is 19.7. The van der Waals surface area contributed by atoms with Crippen molar-refractivity contribution in [1.29, 1.82) is 0 Å². The fourth-order valence-corrected chi connectivity index (χ4v) is 5.24. The van der Waals surface area contributed by atoms with Crippen LogP contribution in [0.2, 0.25) is 5.02 Å². The smallest absolute Gasteiger partial charge is 0.256 e. The molecule has 3 aliphatic rings. The number of hydrogen-bond acceptors (Lipinski definition) is 5. The number of amides is 3. The van der Waals surface area contributed by atoms with E-state index in [0.717, 1.165) is 30.5 Å². The molecule has 2 fully saturated rings. The molecule has 0 unspecified atom stereocenters. The maximum absolute atomic E-state index is 13.5. The molecule has 9 heteroatoms. The van der Waals surface area contributed by atoms with Gasteiger partial charge in [-0.2, -0.15) is 0 Å². The number of rotatable bonds is 4. The van der Waals surface area contributed by atoms with Crippen LogP contribution in [0.3, 0.4) is 0 Å². The van der Waals surface area contributed by atoms with Crippen molar-refractivity contribution in [3.8, 4) is 16.9 Å². The first-order valence-corrected chi connectivity index (χ1v) is 12.0. The zero-order valence-electron chi connectivity index (χ0n) is 18.9. The molecule has 3 amide bonds. The standard InChI is InChI=1S/C25H27ClN4O4/c1-34-22-7-5-15(26)12-17(22)14-4-6-19-18(11-14)25(33)30-10-8-16(13-21(30)24(32)29-19)28-23(31)20-3-2-9-27-20/h4-7,11-12,16,20-21,27H,2-3,8-10,13H2,1H3,(H,28,31)(H,29,32)/t16-,20+,21-/m0/s1. The molecule has 8 nitrogen and oxygen atoms in total. The monoisotopic (exact) mass is 482 g/mol. The van der Waals surface area contributed by atoms with Crippen LogP contribution >= 0.6 is 11.6 Å². The highest BCUT2D eigenvalue weighted by atomic mass is 35.5. The molecule has 3 atom stereocenters. The topological polar surface area (TPSA) is 99.8 Å². The lowest BCUT2D eigenvalue weighted by Gasteiger charge is -2.37. The minimum Gasteiger partial charge on any atom is -0.496 e. The van der Waals surface area contributed by atoms with Gasteiger partial charge in [0.25, 0.3) is 5.91 Å². The maximum atomic E-state index is 13.5. The largest absolute Gasteiger partial charge is 0.496 e. The van der Waals surface area contributed by atoms with Crippen LogP contribution in [0.4, 0.5) is 5.69 Å². The van der Waals surface area contributed by atoms with E-state index in [4.69, 9.17) is 16.3 Å². The van der Waals surface area contributed by atoms with Crippen LogP contribution in [-0.2, 0) is 9.59 Å². The second-order valence-electron chi connectivity index (χ2n) is 8.99. The van der Waals surface area contributed by atoms with Crippen molar-refractivity contribution in [2.24, 2.45) is 0 Å². The minimum absolute atomic E-state index is 0.0281. The third-order valence-electron chi connectivity index (χ3n) is 6.87. The van der Waals surface area contributed by atoms with Gasteiger partial charge in [0.1, 0.15) is 11.8 Å². The van der Waals surface area contributed by atoms with Crippen molar-refractivity contribution in [1.82, 2.24) is 15.5 Å². The van der Waals surface area contributed by atoms with E-state index in [1.165, 1.54) is 0 Å². The predicted molar refractivity (Wildman–Crippen MR) is 129 cm³/mol. The number of carbonyl (C=O) groups excluding carboxylic acids is 3. The summed E-state index contributed by atoms with van der Waals surface area (Å²) in [5.41, 5.74) is 2.43. The van der Waals surface area contributed by atoms with E-state index in [2.05, 4.69) is 16.0 Å². The lowest BCUT2D eigenvalue weighted by molar-refractivity contribution is -0.126. The van der Waals surface area contributed by atoms with Gasteiger partial charge in [0.05, 0.1) is 24.4 Å². The Kier molecular flexibility index (Phi) is 6.18. The number of nitrogens with zero attached hydrogens (tertiary/aromatic N) is 1. The lowest BCUT2D eigenvalue weighted by atomic mass is 9.95. The Morgan fingerprint density at radius 1 is 1.15 bits per heavy atom. The van der Waals surface area contributed by atoms with Crippen molar-refractivity contribution >= 4 is 35.0 Å². The molecule has 0 aliphatic carbocycles. The Bertz CT molecular complexity index is 1150. The van der Waals surface area contributed by atoms with Gasteiger partial charge in [-0.3, -0.25) is 14.4 Å². The molecule has 34 heavy (non-hydrogen) atoms. The highest BCUT2D eigenvalue weighted by Gasteiger charge is 2.40. The maximum Gasteiger partial charge on any atom is 0.256 e. The van der Waals surface area contributed by atoms with E-state index in [1.807, 2.05) is 6.07 Å². The van der Waals surface area contributed by atoms with Gasteiger partial charge in [-0.25, -0.2) is 0 Å². The summed E-state index contributed by atoms with van der Waals surface area (Å²) in [6, 6.07) is 9.70. The first-order valence-electron chi connectivity index (χ1n) is 11.6. The summed E-state index contributed by atoms with van der Waals surface area (Å²) < 4.78 is 5.47. The summed E-state index contributed by atoms with van der Waals surface area (Å²) in [5, 5.41) is 9.74. The fraction of sp³-hybridized carbons (Fsp3) is 0.400. The van der Waals surface area contributed by atoms with Gasteiger partial charge < -0.3 is 25.6 Å². The van der Waals surface area contributed by atoms with Crippen molar-refractivity contribution in [3.63, 3.8) is 0 Å². The van der Waals surface area contributed by atoms with Crippen LogP contribution in [0, 0.1) is 0 Å². The molecular weight excluding hydrogens is 456 g/mol. The van der Waals surface area contributed by atoms with Gasteiger partial charge in [0.2, 0.25) is 11.8 Å². The molecule has 3 N–H and O–H groups in total. The first kappa shape index (κ1) is 22.7. The van der Waals surface area contributed by atoms with Crippen LogP contribution in [0.5, 0.6) is 5.75 Å². The lowest BCUT2D eigenvalue weighted by Crippen LogP contribution is -2.56. The number of hydrogen-bond donors (Lipinski definition) is 3. The Morgan fingerprint density at radius 2 is 2.00 bits per heavy atom. The van der Waals surface area contributed by atoms with Gasteiger partial charge in [-0.05, 0) is 68.1 Å². The molecule has 0 bridgehead atoms. The first-order chi connectivity index (χ1) is 16.4. The summed E-state index contributed by atoms with van der Waals surface area (Å²) in [7, 11) is 1.58. The molecule has 3 aliphatic heterocycles. The molecule has 2 aromatic carbocycles. The Hall–Kier alpha value is -3.10. The van der Waals surface area contributed by atoms with Crippen molar-refractivity contribution in [2.75, 3.05) is 25.5 Å². The number of piperidine rings is 1. The van der Waals surface area contributed by atoms with E-state index >= 15 is 0 Å². The number of methoxy groups -OCH3 is 1. The van der Waals surface area contributed by atoms with Crippen LogP contribution in [0.15, 0.2) is 36.4 Å². The summed E-state index contributed by atoms with van der Waals surface area (Å²) in [4.78, 5) is 40.8. The Labute approximate surface area is 203 Å². The average Bonchev–Trinajstić information content (AvgIpc) is 3.36. The third kappa shape index (κ3) is 4.23. The van der Waals surface area contributed by atoms with Gasteiger partial charge >= 0.3 is 0 Å². The number of carbonyl (C=O) groups is 3. The van der Waals surface area contributed by atoms with Crippen molar-refractivity contribution in [2.45, 2.75) is 43.8 Å². The van der Waals surface area contributed by atoms with Gasteiger partial charge in [0, 0.05) is 23.2 Å². The molecular formula is C25H27ClN4O4. The molecule has 2 aromatic rings. The molecule has 5 rings (SSSR count). The third-order valence-corrected chi connectivity index (χ3v) is 7.10. The summed E-state index contributed by atoms with van der Waals surface area (Å²) in [6.45, 7) is 1.24. The summed E-state index contributed by atoms with van der Waals surface area (Å²) in [6.07, 6.45) is 2.80. The van der Waals surface area contributed by atoms with Crippen LogP contribution < -0.4 is 20.7 Å². The van der Waals surface area contributed by atoms with Gasteiger partial charge in [-0.15, -0.1) is 0 Å². The number of benzene rings is 2. The molecule has 0 spiro atoms. The van der Waals surface area contributed by atoms with Gasteiger partial charge in [0.15, 0.2) is 0 Å². The Balaban J connectivity index is 1.39. The van der Waals surface area contributed by atoms with Crippen molar-refractivity contribution in [3.05, 3.63) is 47.0 Å². The van der Waals surface area contributed by atoms with E-state index < -0.39 is 6.04 Å². The van der Waals surface area contributed by atoms with Crippen LogP contribution in [0.25, 0.3) is 11.1 Å². The van der Waals surface area contributed by atoms with E-state index in [-0.39, 0.29) is 29.8 Å². The number of nitrogens with one attached hydrogen (secondary N) is 3. The molecule has 0 radical (unpaired) electrons.